The molecule has 0 bridgehead atoms. The molecule has 1 fully saturated rings. The molecular weight excluding hydrogens is 373 g/mol. The van der Waals surface area contributed by atoms with Crippen molar-refractivity contribution in [2.24, 2.45) is 5.73 Å². The number of nitrogens with two attached hydrogens (primary N) is 1. The molecule has 0 unspecified atom stereocenters. The lowest BCUT2D eigenvalue weighted by Gasteiger charge is -2.22. The second-order valence-electron chi connectivity index (χ2n) is 6.70. The predicted octanol–water partition coefficient (Wildman–Crippen LogP) is 6.20. The van der Waals surface area contributed by atoms with Crippen LogP contribution in [0, 0.1) is 0 Å². The van der Waals surface area contributed by atoms with Crippen molar-refractivity contribution in [3.8, 4) is 11.5 Å². The van der Waals surface area contributed by atoms with Gasteiger partial charge in [0.2, 0.25) is 0 Å². The van der Waals surface area contributed by atoms with Crippen molar-refractivity contribution in [1.82, 2.24) is 0 Å². The van der Waals surface area contributed by atoms with E-state index < -0.39 is 11.7 Å². The van der Waals surface area contributed by atoms with Crippen molar-refractivity contribution in [3.05, 3.63) is 53.6 Å². The van der Waals surface area contributed by atoms with Crippen LogP contribution in [0.3, 0.4) is 0 Å². The lowest BCUT2D eigenvalue weighted by atomic mass is 9.84. The number of hydrogen-bond acceptors (Lipinski definition) is 2. The van der Waals surface area contributed by atoms with Crippen LogP contribution in [0.2, 0.25) is 0 Å². The zero-order chi connectivity index (χ0) is 19.4. The minimum absolute atomic E-state index is 0.0775. The molecule has 0 aliphatic heterocycles. The first-order chi connectivity index (χ1) is 12.8. The molecule has 2 aromatic carbocycles. The number of ether oxygens (including phenoxy) is 1. The molecule has 27 heavy (non-hydrogen) atoms. The van der Waals surface area contributed by atoms with Crippen LogP contribution < -0.4 is 15.8 Å². The van der Waals surface area contributed by atoms with Crippen LogP contribution in [0.15, 0.2) is 42.5 Å². The highest BCUT2D eigenvalue weighted by molar-refractivity contribution is 7.80. The average molecular weight is 394 g/mol. The number of nitrogens with one attached hydrogen (secondary N) is 1. The summed E-state index contributed by atoms with van der Waals surface area (Å²) in [6.07, 6.45) is 1.73. The average Bonchev–Trinajstić information content (AvgIpc) is 2.63. The van der Waals surface area contributed by atoms with Gasteiger partial charge in [-0.1, -0.05) is 31.4 Å². The Kier molecular flexibility index (Phi) is 5.89. The molecule has 0 atom stereocenters. The Morgan fingerprint density at radius 1 is 1.04 bits per heavy atom. The van der Waals surface area contributed by atoms with Crippen LogP contribution in [0.4, 0.5) is 18.9 Å². The van der Waals surface area contributed by atoms with Gasteiger partial charge in [-0.3, -0.25) is 0 Å². The maximum absolute atomic E-state index is 13.0. The zero-order valence-electron chi connectivity index (χ0n) is 14.7. The molecule has 2 aromatic rings. The highest BCUT2D eigenvalue weighted by atomic mass is 32.1. The molecule has 144 valence electrons. The highest BCUT2D eigenvalue weighted by Crippen LogP contribution is 2.38. The van der Waals surface area contributed by atoms with Gasteiger partial charge in [-0.25, -0.2) is 0 Å². The maximum Gasteiger partial charge on any atom is 0.416 e. The second-order valence-corrected chi connectivity index (χ2v) is 7.14. The van der Waals surface area contributed by atoms with Gasteiger partial charge in [0.1, 0.15) is 5.75 Å². The SMILES string of the molecule is NC(=S)Nc1cc(C(F)(F)F)ccc1Oc1ccc(C2CCCCC2)cc1. The minimum Gasteiger partial charge on any atom is -0.455 e. The third kappa shape index (κ3) is 5.13. The Morgan fingerprint density at radius 3 is 2.30 bits per heavy atom. The van der Waals surface area contributed by atoms with E-state index in [-0.39, 0.29) is 16.5 Å². The fraction of sp³-hybridized carbons (Fsp3) is 0.350. The third-order valence-electron chi connectivity index (χ3n) is 4.75. The summed E-state index contributed by atoms with van der Waals surface area (Å²) in [7, 11) is 0. The molecule has 0 heterocycles. The van der Waals surface area contributed by atoms with Crippen molar-refractivity contribution >= 4 is 23.0 Å². The van der Waals surface area contributed by atoms with E-state index in [2.05, 4.69) is 5.32 Å². The van der Waals surface area contributed by atoms with Crippen LogP contribution in [0.5, 0.6) is 11.5 Å². The van der Waals surface area contributed by atoms with E-state index in [9.17, 15) is 13.2 Å². The molecule has 0 saturated heterocycles. The zero-order valence-corrected chi connectivity index (χ0v) is 15.5. The molecule has 3 N–H and O–H groups in total. The van der Waals surface area contributed by atoms with Crippen LogP contribution in [-0.4, -0.2) is 5.11 Å². The largest absolute Gasteiger partial charge is 0.455 e. The Balaban J connectivity index is 1.80. The monoisotopic (exact) mass is 394 g/mol. The molecule has 3 rings (SSSR count). The predicted molar refractivity (Wildman–Crippen MR) is 104 cm³/mol. The van der Waals surface area contributed by atoms with Gasteiger partial charge < -0.3 is 15.8 Å². The smallest absolute Gasteiger partial charge is 0.416 e. The fourth-order valence-electron chi connectivity index (χ4n) is 3.40. The van der Waals surface area contributed by atoms with Crippen molar-refractivity contribution in [2.75, 3.05) is 5.32 Å². The van der Waals surface area contributed by atoms with Crippen molar-refractivity contribution in [3.63, 3.8) is 0 Å². The number of thiocarbonyl (C=S) groups is 1. The van der Waals surface area contributed by atoms with Crippen LogP contribution in [-0.2, 0) is 6.18 Å². The molecule has 0 aromatic heterocycles. The van der Waals surface area contributed by atoms with Crippen molar-refractivity contribution in [1.29, 1.82) is 0 Å². The number of halogens is 3. The number of anilines is 1. The Labute approximate surface area is 161 Å². The van der Waals surface area contributed by atoms with Gasteiger partial charge in [-0.2, -0.15) is 13.2 Å². The molecular formula is C20H21F3N2OS. The van der Waals surface area contributed by atoms with E-state index in [1.54, 1.807) is 0 Å². The van der Waals surface area contributed by atoms with E-state index in [0.717, 1.165) is 12.1 Å². The van der Waals surface area contributed by atoms with E-state index in [0.29, 0.717) is 11.7 Å². The van der Waals surface area contributed by atoms with E-state index in [1.165, 1.54) is 43.7 Å². The summed E-state index contributed by atoms with van der Waals surface area (Å²) in [4.78, 5) is 0. The summed E-state index contributed by atoms with van der Waals surface area (Å²) in [6, 6.07) is 10.9. The van der Waals surface area contributed by atoms with Gasteiger partial charge >= 0.3 is 6.18 Å². The quantitative estimate of drug-likeness (QED) is 0.606. The van der Waals surface area contributed by atoms with E-state index in [1.807, 2.05) is 24.3 Å². The second kappa shape index (κ2) is 8.17. The Bertz CT molecular complexity index is 800. The third-order valence-corrected chi connectivity index (χ3v) is 4.85. The molecule has 1 saturated carbocycles. The van der Waals surface area contributed by atoms with Gasteiger partial charge in [0, 0.05) is 0 Å². The lowest BCUT2D eigenvalue weighted by molar-refractivity contribution is -0.137. The minimum atomic E-state index is -4.47. The summed E-state index contributed by atoms with van der Waals surface area (Å²) in [5.74, 6) is 1.34. The van der Waals surface area contributed by atoms with Crippen LogP contribution in [0.1, 0.15) is 49.1 Å². The molecule has 3 nitrogen and oxygen atoms in total. The van der Waals surface area contributed by atoms with Gasteiger partial charge in [0.05, 0.1) is 11.3 Å². The summed E-state index contributed by atoms with van der Waals surface area (Å²) in [6.45, 7) is 0. The first kappa shape index (κ1) is 19.5. The summed E-state index contributed by atoms with van der Waals surface area (Å²) >= 11 is 4.76. The number of hydrogen-bond donors (Lipinski definition) is 2. The van der Waals surface area contributed by atoms with Gasteiger partial charge in [-0.15, -0.1) is 0 Å². The fourth-order valence-corrected chi connectivity index (χ4v) is 3.51. The number of rotatable bonds is 4. The van der Waals surface area contributed by atoms with E-state index in [4.69, 9.17) is 22.7 Å². The first-order valence-electron chi connectivity index (χ1n) is 8.88. The van der Waals surface area contributed by atoms with Crippen LogP contribution >= 0.6 is 12.2 Å². The number of alkyl halides is 3. The van der Waals surface area contributed by atoms with E-state index >= 15 is 0 Å². The molecule has 0 spiro atoms. The summed E-state index contributed by atoms with van der Waals surface area (Å²) in [5.41, 5.74) is 5.98. The van der Waals surface area contributed by atoms with Gasteiger partial charge in [0.15, 0.2) is 10.9 Å². The molecule has 0 amide bonds. The van der Waals surface area contributed by atoms with Crippen LogP contribution in [0.25, 0.3) is 0 Å². The van der Waals surface area contributed by atoms with Gasteiger partial charge in [-0.05, 0) is 66.9 Å². The molecule has 0 radical (unpaired) electrons. The van der Waals surface area contributed by atoms with Crippen molar-refractivity contribution < 1.29 is 17.9 Å². The number of benzene rings is 2. The Hall–Kier alpha value is -2.28. The first-order valence-corrected chi connectivity index (χ1v) is 9.29. The lowest BCUT2D eigenvalue weighted by Crippen LogP contribution is -2.20. The van der Waals surface area contributed by atoms with Gasteiger partial charge in [0.25, 0.3) is 0 Å². The molecule has 1 aliphatic rings. The van der Waals surface area contributed by atoms with Crippen molar-refractivity contribution in [2.45, 2.75) is 44.2 Å². The molecule has 7 heteroatoms. The topological polar surface area (TPSA) is 47.3 Å². The summed E-state index contributed by atoms with van der Waals surface area (Å²) < 4.78 is 44.6. The Morgan fingerprint density at radius 2 is 1.70 bits per heavy atom. The highest BCUT2D eigenvalue weighted by Gasteiger charge is 2.31. The molecule has 1 aliphatic carbocycles. The maximum atomic E-state index is 13.0. The normalized spacial score (nSPS) is 15.4. The summed E-state index contributed by atoms with van der Waals surface area (Å²) in [5, 5.41) is 2.42. The standard InChI is InChI=1S/C20H21F3N2OS/c21-20(22,23)15-8-11-18(17(12-15)25-19(24)27)26-16-9-6-14(7-10-16)13-4-2-1-3-5-13/h6-13H,1-5H2,(H3,24,25,27).